The number of anilines is 1. The van der Waals surface area contributed by atoms with Gasteiger partial charge in [-0.25, -0.2) is 4.98 Å². The molecule has 0 unspecified atom stereocenters. The van der Waals surface area contributed by atoms with E-state index in [0.29, 0.717) is 10.8 Å². The molecule has 1 aliphatic heterocycles. The second-order valence-electron chi connectivity index (χ2n) is 5.31. The third-order valence-corrected chi connectivity index (χ3v) is 4.09. The Hall–Kier alpha value is -3.19. The van der Waals surface area contributed by atoms with E-state index in [1.807, 2.05) is 0 Å². The summed E-state index contributed by atoms with van der Waals surface area (Å²) in [5.74, 6) is -1.32. The molecule has 1 aliphatic rings. The molecule has 0 fully saturated rings. The Morgan fingerprint density at radius 1 is 1.04 bits per heavy atom. The Morgan fingerprint density at radius 3 is 2.62 bits per heavy atom. The number of imide groups is 1. The van der Waals surface area contributed by atoms with Gasteiger partial charge in [0.05, 0.1) is 16.8 Å². The Morgan fingerprint density at radius 2 is 1.83 bits per heavy atom. The number of halogens is 1. The van der Waals surface area contributed by atoms with Crippen LogP contribution in [0, 0.1) is 0 Å². The van der Waals surface area contributed by atoms with Crippen LogP contribution in [-0.2, 0) is 0 Å². The fourth-order valence-electron chi connectivity index (χ4n) is 2.79. The molecule has 3 aromatic rings. The largest absolute Gasteiger partial charge is 0.384 e. The highest BCUT2D eigenvalue weighted by molar-refractivity contribution is 6.30. The van der Waals surface area contributed by atoms with Gasteiger partial charge in [0, 0.05) is 17.6 Å². The number of nitrogens with two attached hydrogens (primary N) is 1. The van der Waals surface area contributed by atoms with Crippen LogP contribution in [0.25, 0.3) is 16.5 Å². The maximum absolute atomic E-state index is 12.4. The van der Waals surface area contributed by atoms with Crippen LogP contribution in [0.15, 0.2) is 41.3 Å². The van der Waals surface area contributed by atoms with Crippen LogP contribution in [0.2, 0.25) is 5.15 Å². The Labute approximate surface area is 139 Å². The molecule has 3 heterocycles. The quantitative estimate of drug-likeness (QED) is 0.515. The summed E-state index contributed by atoms with van der Waals surface area (Å²) in [5, 5.41) is 4.09. The standard InChI is InChI=1S/C16H9ClN4O3/c17-11-4-7-1-2-9(3-8(7)6-19-11)21-12(22)5-10-13(14(21)18)16(24)20-15(10)23/h1-6H,18H2,(H,20,23,24). The molecule has 0 saturated heterocycles. The maximum atomic E-state index is 12.4. The fraction of sp³-hybridized carbons (Fsp3) is 0. The fourth-order valence-corrected chi connectivity index (χ4v) is 2.95. The van der Waals surface area contributed by atoms with Crippen molar-refractivity contribution in [2.45, 2.75) is 0 Å². The molecular formula is C16H9ClN4O3. The lowest BCUT2D eigenvalue weighted by atomic mass is 10.1. The number of fused-ring (bicyclic) bond motifs is 2. The maximum Gasteiger partial charge on any atom is 0.262 e. The van der Waals surface area contributed by atoms with Gasteiger partial charge >= 0.3 is 0 Å². The zero-order valence-corrected chi connectivity index (χ0v) is 12.8. The SMILES string of the molecule is Nc1c2c(cc(=O)n1-c1ccc3cc(Cl)ncc3c1)C(=O)NC2=O. The van der Waals surface area contributed by atoms with E-state index in [2.05, 4.69) is 10.3 Å². The molecule has 0 aliphatic carbocycles. The first-order valence-corrected chi connectivity index (χ1v) is 7.30. The van der Waals surface area contributed by atoms with Gasteiger partial charge in [0.2, 0.25) is 0 Å². The van der Waals surface area contributed by atoms with Crippen LogP contribution in [0.1, 0.15) is 20.7 Å². The molecule has 1 aromatic carbocycles. The first-order valence-electron chi connectivity index (χ1n) is 6.92. The minimum absolute atomic E-state index is 0.00649. The lowest BCUT2D eigenvalue weighted by Gasteiger charge is -2.12. The van der Waals surface area contributed by atoms with E-state index >= 15 is 0 Å². The van der Waals surface area contributed by atoms with E-state index in [9.17, 15) is 14.4 Å². The number of aromatic nitrogens is 2. The number of hydrogen-bond acceptors (Lipinski definition) is 5. The number of nitrogens with zero attached hydrogens (tertiary/aromatic N) is 2. The average Bonchev–Trinajstić information content (AvgIpc) is 2.81. The summed E-state index contributed by atoms with van der Waals surface area (Å²) in [6, 6.07) is 7.95. The second-order valence-corrected chi connectivity index (χ2v) is 5.70. The van der Waals surface area contributed by atoms with Gasteiger partial charge in [-0.2, -0.15) is 0 Å². The lowest BCUT2D eigenvalue weighted by molar-refractivity contribution is 0.0880. The van der Waals surface area contributed by atoms with E-state index < -0.39 is 17.4 Å². The Bertz CT molecular complexity index is 1120. The third kappa shape index (κ3) is 1.99. The van der Waals surface area contributed by atoms with Gasteiger partial charge in [-0.3, -0.25) is 24.3 Å². The molecule has 0 atom stereocenters. The number of hydrogen-bond donors (Lipinski definition) is 2. The first kappa shape index (κ1) is 14.4. The summed E-state index contributed by atoms with van der Waals surface area (Å²) in [6.07, 6.45) is 1.58. The van der Waals surface area contributed by atoms with Gasteiger partial charge < -0.3 is 5.73 Å². The van der Waals surface area contributed by atoms with Gasteiger partial charge in [0.1, 0.15) is 11.0 Å². The molecule has 118 valence electrons. The minimum Gasteiger partial charge on any atom is -0.384 e. The number of nitrogens with one attached hydrogen (secondary N) is 1. The number of rotatable bonds is 1. The molecule has 2 amide bonds. The molecule has 0 radical (unpaired) electrons. The van der Waals surface area contributed by atoms with Crippen molar-refractivity contribution in [3.63, 3.8) is 0 Å². The topological polar surface area (TPSA) is 107 Å². The van der Waals surface area contributed by atoms with Crippen molar-refractivity contribution in [1.29, 1.82) is 0 Å². The lowest BCUT2D eigenvalue weighted by Crippen LogP contribution is -2.24. The van der Waals surface area contributed by atoms with E-state index in [0.717, 1.165) is 16.8 Å². The van der Waals surface area contributed by atoms with E-state index in [4.69, 9.17) is 17.3 Å². The van der Waals surface area contributed by atoms with Crippen molar-refractivity contribution < 1.29 is 9.59 Å². The van der Waals surface area contributed by atoms with Crippen LogP contribution in [0.5, 0.6) is 0 Å². The summed E-state index contributed by atoms with van der Waals surface area (Å²) < 4.78 is 1.19. The molecule has 2 aromatic heterocycles. The molecule has 8 heteroatoms. The van der Waals surface area contributed by atoms with Crippen LogP contribution < -0.4 is 16.6 Å². The van der Waals surface area contributed by atoms with Crippen molar-refractivity contribution in [2.75, 3.05) is 5.73 Å². The van der Waals surface area contributed by atoms with E-state index in [-0.39, 0.29) is 16.9 Å². The zero-order valence-electron chi connectivity index (χ0n) is 12.0. The van der Waals surface area contributed by atoms with Crippen LogP contribution in [0.4, 0.5) is 5.82 Å². The molecule has 24 heavy (non-hydrogen) atoms. The summed E-state index contributed by atoms with van der Waals surface area (Å²) in [4.78, 5) is 40.0. The zero-order chi connectivity index (χ0) is 17.0. The number of carbonyl (C=O) groups excluding carboxylic acids is 2. The molecule has 0 saturated carbocycles. The van der Waals surface area contributed by atoms with Gasteiger partial charge in [-0.05, 0) is 23.6 Å². The summed E-state index contributed by atoms with van der Waals surface area (Å²) in [5.41, 5.74) is 5.96. The smallest absolute Gasteiger partial charge is 0.262 e. The monoisotopic (exact) mass is 340 g/mol. The van der Waals surface area contributed by atoms with E-state index in [1.165, 1.54) is 4.57 Å². The van der Waals surface area contributed by atoms with Crippen LogP contribution in [0.3, 0.4) is 0 Å². The predicted molar refractivity (Wildman–Crippen MR) is 88.6 cm³/mol. The molecule has 0 bridgehead atoms. The number of amides is 2. The molecule has 7 nitrogen and oxygen atoms in total. The second kappa shape index (κ2) is 4.90. The number of carbonyl (C=O) groups is 2. The third-order valence-electron chi connectivity index (χ3n) is 3.88. The summed E-state index contributed by atoms with van der Waals surface area (Å²) >= 11 is 5.86. The summed E-state index contributed by atoms with van der Waals surface area (Å²) in [7, 11) is 0. The van der Waals surface area contributed by atoms with Crippen molar-refractivity contribution in [1.82, 2.24) is 14.9 Å². The predicted octanol–water partition coefficient (Wildman–Crippen LogP) is 1.50. The van der Waals surface area contributed by atoms with Gasteiger partial charge in [0.25, 0.3) is 17.4 Å². The van der Waals surface area contributed by atoms with Crippen molar-refractivity contribution in [3.8, 4) is 5.69 Å². The normalized spacial score (nSPS) is 13.2. The van der Waals surface area contributed by atoms with Gasteiger partial charge in [0.15, 0.2) is 0 Å². The molecule has 4 rings (SSSR count). The van der Waals surface area contributed by atoms with Crippen molar-refractivity contribution in [2.24, 2.45) is 0 Å². The highest BCUT2D eigenvalue weighted by Crippen LogP contribution is 2.25. The van der Waals surface area contributed by atoms with Crippen molar-refractivity contribution in [3.05, 3.63) is 63.2 Å². The van der Waals surface area contributed by atoms with Crippen LogP contribution in [-0.4, -0.2) is 21.4 Å². The highest BCUT2D eigenvalue weighted by Gasteiger charge is 2.31. The number of pyridine rings is 2. The average molecular weight is 341 g/mol. The van der Waals surface area contributed by atoms with Gasteiger partial charge in [-0.1, -0.05) is 17.7 Å². The van der Waals surface area contributed by atoms with Gasteiger partial charge in [-0.15, -0.1) is 0 Å². The van der Waals surface area contributed by atoms with E-state index in [1.54, 1.807) is 30.5 Å². The summed E-state index contributed by atoms with van der Waals surface area (Å²) in [6.45, 7) is 0. The number of nitrogen functional groups attached to an aromatic ring is 1. The minimum atomic E-state index is -0.622. The van der Waals surface area contributed by atoms with Crippen molar-refractivity contribution >= 4 is 40.0 Å². The Kier molecular flexibility index (Phi) is 2.94. The molecule has 3 N–H and O–H groups in total. The van der Waals surface area contributed by atoms with Crippen LogP contribution >= 0.6 is 11.6 Å². The first-order chi connectivity index (χ1) is 11.5. The molecular weight excluding hydrogens is 332 g/mol. The number of benzene rings is 1. The molecule has 0 spiro atoms. The highest BCUT2D eigenvalue weighted by atomic mass is 35.5. The Balaban J connectivity index is 1.99.